The Bertz CT molecular complexity index is 283. The molecule has 1 atom stereocenters. The van der Waals surface area contributed by atoms with Crippen molar-refractivity contribution < 1.29 is 23.1 Å². The maximum atomic E-state index is 12.4. The van der Waals surface area contributed by atoms with Crippen molar-refractivity contribution in [3.8, 4) is 0 Å². The Morgan fingerprint density at radius 3 is 2.11 bits per heavy atom. The smallest absolute Gasteiger partial charge is 0.334 e. The van der Waals surface area contributed by atoms with Crippen LogP contribution in [-0.2, 0) is 23.1 Å². The predicted molar refractivity (Wildman–Crippen MR) is 68.7 cm³/mol. The summed E-state index contributed by atoms with van der Waals surface area (Å²) in [5.41, 5.74) is 0. The second-order valence-electron chi connectivity index (χ2n) is 4.48. The molecule has 1 unspecified atom stereocenters. The molecule has 18 heavy (non-hydrogen) atoms. The summed E-state index contributed by atoms with van der Waals surface area (Å²) in [7, 11) is -3.10. The van der Waals surface area contributed by atoms with Gasteiger partial charge in [0, 0.05) is 0 Å². The zero-order valence-corrected chi connectivity index (χ0v) is 12.1. The van der Waals surface area contributed by atoms with Crippen LogP contribution in [0.1, 0.15) is 46.0 Å². The summed E-state index contributed by atoms with van der Waals surface area (Å²) in [5.74, 6) is -0.242. The highest BCUT2D eigenvalue weighted by Crippen LogP contribution is 2.50. The first-order valence-corrected chi connectivity index (χ1v) is 8.40. The van der Waals surface area contributed by atoms with E-state index in [1.165, 1.54) is 0 Å². The summed E-state index contributed by atoms with van der Waals surface area (Å²) in [4.78, 5) is 10.7. The summed E-state index contributed by atoms with van der Waals surface area (Å²) in [6, 6.07) is 0. The zero-order valence-electron chi connectivity index (χ0n) is 11.2. The fourth-order valence-electron chi connectivity index (χ4n) is 1.55. The Kier molecular flexibility index (Phi) is 6.90. The van der Waals surface area contributed by atoms with Crippen molar-refractivity contribution in [3.63, 3.8) is 0 Å². The van der Waals surface area contributed by atoms with Crippen LogP contribution in [0, 0.1) is 0 Å². The van der Waals surface area contributed by atoms with E-state index in [4.69, 9.17) is 13.8 Å². The molecular weight excluding hydrogens is 255 g/mol. The predicted octanol–water partition coefficient (Wildman–Crippen LogP) is 3.13. The normalized spacial score (nSPS) is 19.4. The van der Waals surface area contributed by atoms with Gasteiger partial charge in [0.25, 0.3) is 0 Å². The van der Waals surface area contributed by atoms with E-state index in [2.05, 4.69) is 0 Å². The van der Waals surface area contributed by atoms with Gasteiger partial charge in [-0.25, -0.2) is 0 Å². The van der Waals surface area contributed by atoms with E-state index in [0.717, 1.165) is 25.7 Å². The quantitative estimate of drug-likeness (QED) is 0.349. The van der Waals surface area contributed by atoms with Gasteiger partial charge in [-0.15, -0.1) is 0 Å². The molecule has 0 aromatic heterocycles. The van der Waals surface area contributed by atoms with Crippen molar-refractivity contribution in [2.24, 2.45) is 0 Å². The third-order valence-corrected chi connectivity index (χ3v) is 4.70. The molecule has 1 fully saturated rings. The number of cyclic esters (lactones) is 1. The molecular formula is C12H23O5P. The van der Waals surface area contributed by atoms with Crippen molar-refractivity contribution in [2.75, 3.05) is 19.4 Å². The van der Waals surface area contributed by atoms with Crippen LogP contribution >= 0.6 is 7.60 Å². The molecule has 0 N–H and O–H groups in total. The number of rotatable bonds is 10. The molecule has 5 nitrogen and oxygen atoms in total. The lowest BCUT2D eigenvalue weighted by Crippen LogP contribution is -2.36. The maximum absolute atomic E-state index is 12.4. The Balaban J connectivity index is 2.38. The SMILES string of the molecule is CCCCOP(=O)(CC1CC(=O)O1)OCCCC. The molecule has 1 rings (SSSR count). The van der Waals surface area contributed by atoms with Gasteiger partial charge in [0.05, 0.1) is 25.8 Å². The Morgan fingerprint density at radius 2 is 1.72 bits per heavy atom. The molecule has 0 radical (unpaired) electrons. The molecule has 0 amide bonds. The fraction of sp³-hybridized carbons (Fsp3) is 0.917. The molecule has 1 aliphatic heterocycles. The van der Waals surface area contributed by atoms with Crippen molar-refractivity contribution >= 4 is 13.6 Å². The summed E-state index contributed by atoms with van der Waals surface area (Å²) in [6.07, 6.45) is 3.87. The minimum atomic E-state index is -3.10. The first-order valence-electron chi connectivity index (χ1n) is 6.67. The van der Waals surface area contributed by atoms with Gasteiger partial charge < -0.3 is 13.8 Å². The lowest BCUT2D eigenvalue weighted by atomic mass is 10.2. The fourth-order valence-corrected chi connectivity index (χ4v) is 3.35. The second-order valence-corrected chi connectivity index (χ2v) is 6.59. The standard InChI is InChI=1S/C12H23O5P/c1-3-5-7-15-18(14,16-8-6-4-2)10-11-9-12(13)17-11/h11H,3-10H2,1-2H3. The van der Waals surface area contributed by atoms with Crippen LogP contribution < -0.4 is 0 Å². The molecule has 0 spiro atoms. The van der Waals surface area contributed by atoms with Gasteiger partial charge in [0.2, 0.25) is 0 Å². The van der Waals surface area contributed by atoms with Gasteiger partial charge in [-0.3, -0.25) is 9.36 Å². The van der Waals surface area contributed by atoms with Gasteiger partial charge in [0.15, 0.2) is 0 Å². The third kappa shape index (κ3) is 5.51. The van der Waals surface area contributed by atoms with Crippen molar-refractivity contribution in [1.82, 2.24) is 0 Å². The number of hydrogen-bond acceptors (Lipinski definition) is 5. The molecule has 6 heteroatoms. The molecule has 0 saturated carbocycles. The molecule has 1 heterocycles. The maximum Gasteiger partial charge on any atom is 0.334 e. The van der Waals surface area contributed by atoms with Crippen LogP contribution in [0.15, 0.2) is 0 Å². The van der Waals surface area contributed by atoms with Crippen LogP contribution in [0.5, 0.6) is 0 Å². The van der Waals surface area contributed by atoms with Gasteiger partial charge in [-0.2, -0.15) is 0 Å². The molecule has 0 aromatic carbocycles. The minimum Gasteiger partial charge on any atom is -0.461 e. The van der Waals surface area contributed by atoms with Gasteiger partial charge in [-0.05, 0) is 12.8 Å². The average molecular weight is 278 g/mol. The Hall–Kier alpha value is -0.380. The number of hydrogen-bond donors (Lipinski definition) is 0. The summed E-state index contributed by atoms with van der Waals surface area (Å²) >= 11 is 0. The molecule has 106 valence electrons. The first kappa shape index (κ1) is 15.7. The number of carbonyl (C=O) groups excluding carboxylic acids is 1. The van der Waals surface area contributed by atoms with E-state index in [1.54, 1.807) is 0 Å². The van der Waals surface area contributed by atoms with E-state index in [1.807, 2.05) is 13.8 Å². The van der Waals surface area contributed by atoms with E-state index in [0.29, 0.717) is 19.6 Å². The van der Waals surface area contributed by atoms with E-state index in [9.17, 15) is 9.36 Å². The number of carbonyl (C=O) groups is 1. The molecule has 1 aliphatic rings. The molecule has 1 saturated heterocycles. The summed E-state index contributed by atoms with van der Waals surface area (Å²) < 4.78 is 28.1. The van der Waals surface area contributed by atoms with Crippen LogP contribution in [0.25, 0.3) is 0 Å². The Morgan fingerprint density at radius 1 is 1.22 bits per heavy atom. The molecule has 0 aliphatic carbocycles. The van der Waals surface area contributed by atoms with Gasteiger partial charge >= 0.3 is 13.6 Å². The van der Waals surface area contributed by atoms with Crippen molar-refractivity contribution in [2.45, 2.75) is 52.1 Å². The highest BCUT2D eigenvalue weighted by Gasteiger charge is 2.37. The van der Waals surface area contributed by atoms with Crippen LogP contribution in [0.2, 0.25) is 0 Å². The van der Waals surface area contributed by atoms with Crippen LogP contribution in [0.4, 0.5) is 0 Å². The van der Waals surface area contributed by atoms with Crippen LogP contribution in [0.3, 0.4) is 0 Å². The third-order valence-electron chi connectivity index (χ3n) is 2.69. The monoisotopic (exact) mass is 278 g/mol. The lowest BCUT2D eigenvalue weighted by Gasteiger charge is -2.28. The average Bonchev–Trinajstić information content (AvgIpc) is 2.28. The molecule has 0 aromatic rings. The highest BCUT2D eigenvalue weighted by atomic mass is 31.2. The summed E-state index contributed by atoms with van der Waals surface area (Å²) in [6.45, 7) is 4.95. The van der Waals surface area contributed by atoms with E-state index >= 15 is 0 Å². The Labute approximate surface area is 109 Å². The zero-order chi connectivity index (χ0) is 13.4. The van der Waals surface area contributed by atoms with E-state index < -0.39 is 7.60 Å². The topological polar surface area (TPSA) is 61.8 Å². The second kappa shape index (κ2) is 7.93. The lowest BCUT2D eigenvalue weighted by molar-refractivity contribution is -0.167. The number of esters is 1. The van der Waals surface area contributed by atoms with Crippen molar-refractivity contribution in [1.29, 1.82) is 0 Å². The number of ether oxygens (including phenoxy) is 1. The van der Waals surface area contributed by atoms with Gasteiger partial charge in [0.1, 0.15) is 6.10 Å². The number of unbranched alkanes of at least 4 members (excludes halogenated alkanes) is 2. The van der Waals surface area contributed by atoms with E-state index in [-0.39, 0.29) is 18.2 Å². The van der Waals surface area contributed by atoms with Gasteiger partial charge in [-0.1, -0.05) is 26.7 Å². The summed E-state index contributed by atoms with van der Waals surface area (Å²) in [5, 5.41) is 0. The minimum absolute atomic E-state index is 0.187. The van der Waals surface area contributed by atoms with Crippen molar-refractivity contribution in [3.05, 3.63) is 0 Å². The van der Waals surface area contributed by atoms with Crippen LogP contribution in [-0.4, -0.2) is 31.4 Å². The first-order chi connectivity index (χ1) is 8.59. The largest absolute Gasteiger partial charge is 0.461 e. The molecule has 0 bridgehead atoms. The highest BCUT2D eigenvalue weighted by molar-refractivity contribution is 7.53.